The van der Waals surface area contributed by atoms with Crippen LogP contribution >= 0.6 is 0 Å². The zero-order valence-electron chi connectivity index (χ0n) is 8.20. The van der Waals surface area contributed by atoms with Crippen LogP contribution in [0.25, 0.3) is 10.9 Å². The van der Waals surface area contributed by atoms with Crippen molar-refractivity contribution in [2.24, 2.45) is 5.73 Å². The van der Waals surface area contributed by atoms with E-state index in [1.165, 1.54) is 18.3 Å². The minimum Gasteiger partial charge on any atom is -0.316 e. The maximum absolute atomic E-state index is 12.4. The average Bonchev–Trinajstić information content (AvgIpc) is 2.26. The van der Waals surface area contributed by atoms with Gasteiger partial charge in [-0.3, -0.25) is 4.98 Å². The van der Waals surface area contributed by atoms with Crippen LogP contribution < -0.4 is 5.73 Å². The number of pyridine rings is 1. The lowest BCUT2D eigenvalue weighted by molar-refractivity contribution is -0.149. The van der Waals surface area contributed by atoms with Crippen LogP contribution in [0.2, 0.25) is 0 Å². The molecule has 5 heteroatoms. The highest BCUT2D eigenvalue weighted by Crippen LogP contribution is 2.31. The molecule has 0 saturated carbocycles. The predicted octanol–water partition coefficient (Wildman–Crippen LogP) is 2.80. The van der Waals surface area contributed by atoms with Crippen LogP contribution in [-0.4, -0.2) is 11.2 Å². The summed E-state index contributed by atoms with van der Waals surface area (Å²) in [6.07, 6.45) is -2.90. The second-order valence-corrected chi connectivity index (χ2v) is 3.47. The first kappa shape index (κ1) is 10.9. The molecule has 1 aromatic carbocycles. The average molecular weight is 226 g/mol. The molecule has 1 heterocycles. The minimum absolute atomic E-state index is 0.0266. The lowest BCUT2D eigenvalue weighted by Crippen LogP contribution is -2.28. The van der Waals surface area contributed by atoms with Gasteiger partial charge < -0.3 is 5.73 Å². The molecule has 0 amide bonds. The fourth-order valence-electron chi connectivity index (χ4n) is 1.47. The Kier molecular flexibility index (Phi) is 2.55. The summed E-state index contributed by atoms with van der Waals surface area (Å²) in [6.45, 7) is 0. The lowest BCUT2D eigenvalue weighted by atomic mass is 10.1. The Labute approximate surface area is 89.9 Å². The Morgan fingerprint density at radius 2 is 1.94 bits per heavy atom. The smallest absolute Gasteiger partial charge is 0.316 e. The maximum Gasteiger partial charge on any atom is 0.407 e. The topological polar surface area (TPSA) is 38.9 Å². The zero-order chi connectivity index (χ0) is 11.8. The second kappa shape index (κ2) is 3.75. The van der Waals surface area contributed by atoms with Crippen LogP contribution in [0.15, 0.2) is 36.5 Å². The summed E-state index contributed by atoms with van der Waals surface area (Å²) in [5.41, 5.74) is 5.65. The molecular formula is C11H9F3N2. The van der Waals surface area contributed by atoms with Crippen molar-refractivity contribution in [2.75, 3.05) is 0 Å². The van der Waals surface area contributed by atoms with E-state index in [-0.39, 0.29) is 5.56 Å². The van der Waals surface area contributed by atoms with E-state index in [0.717, 1.165) is 5.39 Å². The third-order valence-electron chi connectivity index (χ3n) is 2.34. The van der Waals surface area contributed by atoms with E-state index in [1.54, 1.807) is 18.2 Å². The quantitative estimate of drug-likeness (QED) is 0.812. The number of alkyl halides is 3. The Morgan fingerprint density at radius 3 is 2.62 bits per heavy atom. The highest BCUT2D eigenvalue weighted by molar-refractivity contribution is 5.79. The number of nitrogens with two attached hydrogens (primary N) is 1. The largest absolute Gasteiger partial charge is 0.407 e. The van der Waals surface area contributed by atoms with Gasteiger partial charge in [0.2, 0.25) is 0 Å². The molecule has 1 atom stereocenters. The number of halogens is 3. The van der Waals surface area contributed by atoms with Crippen molar-refractivity contribution in [1.82, 2.24) is 4.98 Å². The second-order valence-electron chi connectivity index (χ2n) is 3.47. The van der Waals surface area contributed by atoms with E-state index in [0.29, 0.717) is 5.52 Å². The molecule has 84 valence electrons. The third-order valence-corrected chi connectivity index (χ3v) is 2.34. The third kappa shape index (κ3) is 1.99. The number of benzene rings is 1. The summed E-state index contributed by atoms with van der Waals surface area (Å²) in [7, 11) is 0. The number of hydrogen-bond acceptors (Lipinski definition) is 2. The Morgan fingerprint density at radius 1 is 1.19 bits per heavy atom. The summed E-state index contributed by atoms with van der Waals surface area (Å²) in [5.74, 6) is 0. The summed E-state index contributed by atoms with van der Waals surface area (Å²) in [5, 5.41) is 0.792. The number of rotatable bonds is 1. The van der Waals surface area contributed by atoms with Crippen LogP contribution in [0.3, 0.4) is 0 Å². The van der Waals surface area contributed by atoms with Gasteiger partial charge in [0.05, 0.1) is 5.52 Å². The molecule has 0 spiro atoms. The summed E-state index contributed by atoms with van der Waals surface area (Å²) < 4.78 is 37.2. The molecule has 2 rings (SSSR count). The first-order valence-electron chi connectivity index (χ1n) is 4.65. The Bertz CT molecular complexity index is 508. The van der Waals surface area contributed by atoms with Gasteiger partial charge in [-0.15, -0.1) is 0 Å². The van der Waals surface area contributed by atoms with Crippen molar-refractivity contribution < 1.29 is 13.2 Å². The summed E-state index contributed by atoms with van der Waals surface area (Å²) >= 11 is 0. The van der Waals surface area contributed by atoms with Crippen LogP contribution in [0, 0.1) is 0 Å². The van der Waals surface area contributed by atoms with Gasteiger partial charge in [0, 0.05) is 11.6 Å². The molecule has 1 aromatic heterocycles. The maximum atomic E-state index is 12.4. The van der Waals surface area contributed by atoms with Gasteiger partial charge in [-0.25, -0.2) is 0 Å². The van der Waals surface area contributed by atoms with Crippen LogP contribution in [0.4, 0.5) is 13.2 Å². The van der Waals surface area contributed by atoms with E-state index in [4.69, 9.17) is 5.73 Å². The molecule has 2 nitrogen and oxygen atoms in total. The van der Waals surface area contributed by atoms with Crippen molar-refractivity contribution in [3.05, 3.63) is 42.1 Å². The minimum atomic E-state index is -4.43. The highest BCUT2D eigenvalue weighted by atomic mass is 19.4. The van der Waals surface area contributed by atoms with E-state index in [1.807, 2.05) is 0 Å². The zero-order valence-corrected chi connectivity index (χ0v) is 8.20. The van der Waals surface area contributed by atoms with Gasteiger partial charge in [-0.2, -0.15) is 13.2 Å². The molecule has 2 N–H and O–H groups in total. The van der Waals surface area contributed by atoms with Crippen LogP contribution in [-0.2, 0) is 0 Å². The van der Waals surface area contributed by atoms with Crippen molar-refractivity contribution >= 4 is 10.9 Å². The van der Waals surface area contributed by atoms with Gasteiger partial charge in [0.15, 0.2) is 0 Å². The molecule has 0 radical (unpaired) electrons. The summed E-state index contributed by atoms with van der Waals surface area (Å²) in [4.78, 5) is 3.98. The molecule has 0 aliphatic heterocycles. The summed E-state index contributed by atoms with van der Waals surface area (Å²) in [6, 6.07) is 5.88. The molecule has 1 unspecified atom stereocenters. The Hall–Kier alpha value is -1.62. The van der Waals surface area contributed by atoms with Gasteiger partial charge in [0.25, 0.3) is 0 Å². The van der Waals surface area contributed by atoms with E-state index in [2.05, 4.69) is 4.98 Å². The molecular weight excluding hydrogens is 217 g/mol. The van der Waals surface area contributed by atoms with Crippen molar-refractivity contribution in [1.29, 1.82) is 0 Å². The standard InChI is InChI=1S/C11H9F3N2/c12-11(13,14)10(15)8-4-3-7-2-1-5-16-9(7)6-8/h1-6,10H,15H2. The monoisotopic (exact) mass is 226 g/mol. The van der Waals surface area contributed by atoms with Crippen LogP contribution in [0.5, 0.6) is 0 Å². The number of hydrogen-bond donors (Lipinski definition) is 1. The lowest BCUT2D eigenvalue weighted by Gasteiger charge is -2.15. The van der Waals surface area contributed by atoms with E-state index in [9.17, 15) is 13.2 Å². The van der Waals surface area contributed by atoms with Gasteiger partial charge in [0.1, 0.15) is 6.04 Å². The Balaban J connectivity index is 2.47. The fraction of sp³-hybridized carbons (Fsp3) is 0.182. The molecule has 0 saturated heterocycles. The number of fused-ring (bicyclic) bond motifs is 1. The highest BCUT2D eigenvalue weighted by Gasteiger charge is 2.37. The number of nitrogens with zero attached hydrogens (tertiary/aromatic N) is 1. The molecule has 2 aromatic rings. The molecule has 0 aliphatic rings. The normalized spacial score (nSPS) is 14.0. The van der Waals surface area contributed by atoms with Gasteiger partial charge >= 0.3 is 6.18 Å². The first-order valence-corrected chi connectivity index (χ1v) is 4.65. The SMILES string of the molecule is NC(c1ccc2cccnc2c1)C(F)(F)F. The van der Waals surface area contributed by atoms with Gasteiger partial charge in [-0.1, -0.05) is 18.2 Å². The van der Waals surface area contributed by atoms with E-state index >= 15 is 0 Å². The first-order chi connectivity index (χ1) is 7.48. The van der Waals surface area contributed by atoms with Crippen molar-refractivity contribution in [3.63, 3.8) is 0 Å². The fourth-order valence-corrected chi connectivity index (χ4v) is 1.47. The molecule has 16 heavy (non-hydrogen) atoms. The molecule has 0 aliphatic carbocycles. The van der Waals surface area contributed by atoms with E-state index < -0.39 is 12.2 Å². The van der Waals surface area contributed by atoms with Crippen molar-refractivity contribution in [3.8, 4) is 0 Å². The predicted molar refractivity (Wildman–Crippen MR) is 54.7 cm³/mol. The number of aromatic nitrogens is 1. The van der Waals surface area contributed by atoms with Crippen LogP contribution in [0.1, 0.15) is 11.6 Å². The van der Waals surface area contributed by atoms with Gasteiger partial charge in [-0.05, 0) is 17.7 Å². The molecule has 0 bridgehead atoms. The van der Waals surface area contributed by atoms with Crippen molar-refractivity contribution in [2.45, 2.75) is 12.2 Å². The molecule has 0 fully saturated rings.